The Labute approximate surface area is 220 Å². The summed E-state index contributed by atoms with van der Waals surface area (Å²) in [5.74, 6) is 2.71. The van der Waals surface area contributed by atoms with Crippen molar-refractivity contribution in [3.05, 3.63) is 30.1 Å². The van der Waals surface area contributed by atoms with Gasteiger partial charge in [-0.3, -0.25) is 13.9 Å². The molecule has 1 aliphatic carbocycles. The molecule has 38 heavy (non-hydrogen) atoms. The second-order valence-electron chi connectivity index (χ2n) is 10.4. The van der Waals surface area contributed by atoms with Crippen LogP contribution in [-0.4, -0.2) is 84.9 Å². The van der Waals surface area contributed by atoms with Crippen LogP contribution >= 0.6 is 0 Å². The first-order valence-corrected chi connectivity index (χ1v) is 13.5. The Balaban J connectivity index is 1.30. The van der Waals surface area contributed by atoms with Gasteiger partial charge in [0.1, 0.15) is 11.9 Å². The number of carbonyl (C=O) groups excluding carboxylic acids is 1. The number of fused-ring (bicyclic) bond motifs is 2. The molecule has 198 valence electrons. The predicted molar refractivity (Wildman–Crippen MR) is 142 cm³/mol. The molecule has 0 spiro atoms. The molecule has 11 nitrogen and oxygen atoms in total. The summed E-state index contributed by atoms with van der Waals surface area (Å²) in [5.41, 5.74) is 3.29. The molecule has 11 heteroatoms. The fraction of sp³-hybridized carbons (Fsp3) is 0.519. The average Bonchev–Trinajstić information content (AvgIpc) is 3.67. The molecule has 1 saturated carbocycles. The van der Waals surface area contributed by atoms with E-state index in [1.165, 1.54) is 0 Å². The van der Waals surface area contributed by atoms with Crippen molar-refractivity contribution in [3.63, 3.8) is 0 Å². The third-order valence-electron chi connectivity index (χ3n) is 7.98. The van der Waals surface area contributed by atoms with Gasteiger partial charge in [-0.1, -0.05) is 19.1 Å². The number of likely N-dealkylation sites (tertiary alicyclic amines) is 1. The van der Waals surface area contributed by atoms with Gasteiger partial charge in [0.15, 0.2) is 17.0 Å². The van der Waals surface area contributed by atoms with E-state index in [0.717, 1.165) is 55.0 Å². The highest BCUT2D eigenvalue weighted by atomic mass is 16.5. The number of carbonyl (C=O) groups is 1. The number of nitrogens with zero attached hydrogens (tertiary/aromatic N) is 8. The average molecular weight is 517 g/mol. The first kappa shape index (κ1) is 23.4. The topological polar surface area (TPSA) is 103 Å². The summed E-state index contributed by atoms with van der Waals surface area (Å²) in [4.78, 5) is 36.5. The van der Waals surface area contributed by atoms with E-state index >= 15 is 0 Å². The maximum absolute atomic E-state index is 12.5. The van der Waals surface area contributed by atoms with Gasteiger partial charge in [-0.2, -0.15) is 15.0 Å². The number of hydrogen-bond acceptors (Lipinski definition) is 8. The molecule has 3 aliphatic rings. The molecule has 1 amide bonds. The smallest absolute Gasteiger partial charge is 0.298 e. The van der Waals surface area contributed by atoms with Gasteiger partial charge in [0.25, 0.3) is 6.01 Å². The minimum atomic E-state index is -0.100. The third-order valence-corrected chi connectivity index (χ3v) is 7.98. The zero-order valence-corrected chi connectivity index (χ0v) is 22.0. The highest BCUT2D eigenvalue weighted by Crippen LogP contribution is 2.36. The van der Waals surface area contributed by atoms with Crippen LogP contribution < -0.4 is 9.64 Å². The number of benzene rings is 1. The minimum Gasteiger partial charge on any atom is -0.457 e. The number of para-hydroxylation sites is 2. The molecule has 0 N–H and O–H groups in total. The van der Waals surface area contributed by atoms with Crippen molar-refractivity contribution in [2.24, 2.45) is 13.0 Å². The van der Waals surface area contributed by atoms with E-state index in [0.29, 0.717) is 42.9 Å². The molecule has 1 aromatic carbocycles. The van der Waals surface area contributed by atoms with Gasteiger partial charge in [0, 0.05) is 32.5 Å². The molecule has 3 aromatic heterocycles. The Bertz CT molecular complexity index is 1530. The van der Waals surface area contributed by atoms with E-state index < -0.39 is 0 Å². The van der Waals surface area contributed by atoms with Crippen LogP contribution in [0.15, 0.2) is 24.3 Å². The van der Waals surface area contributed by atoms with Crippen molar-refractivity contribution in [2.45, 2.75) is 45.3 Å². The van der Waals surface area contributed by atoms with Crippen LogP contribution in [0.1, 0.15) is 32.5 Å². The summed E-state index contributed by atoms with van der Waals surface area (Å²) in [7, 11) is 1.92. The largest absolute Gasteiger partial charge is 0.457 e. The highest BCUT2D eigenvalue weighted by molar-refractivity contribution is 5.86. The number of morpholine rings is 1. The quantitative estimate of drug-likeness (QED) is 0.385. The summed E-state index contributed by atoms with van der Waals surface area (Å²) < 4.78 is 15.9. The first-order chi connectivity index (χ1) is 18.5. The number of rotatable bonds is 6. The molecular formula is C27H32N8O3. The van der Waals surface area contributed by atoms with E-state index in [4.69, 9.17) is 29.4 Å². The van der Waals surface area contributed by atoms with Crippen LogP contribution in [0.4, 0.5) is 5.82 Å². The van der Waals surface area contributed by atoms with Gasteiger partial charge >= 0.3 is 0 Å². The maximum atomic E-state index is 12.5. The van der Waals surface area contributed by atoms with Gasteiger partial charge in [-0.15, -0.1) is 0 Å². The Hall–Kier alpha value is -3.73. The molecule has 2 saturated heterocycles. The van der Waals surface area contributed by atoms with E-state index in [-0.39, 0.29) is 24.0 Å². The molecule has 7 rings (SSSR count). The second-order valence-corrected chi connectivity index (χ2v) is 10.4. The highest BCUT2D eigenvalue weighted by Gasteiger charge is 2.45. The van der Waals surface area contributed by atoms with E-state index in [9.17, 15) is 4.79 Å². The molecule has 2 aliphatic heterocycles. The summed E-state index contributed by atoms with van der Waals surface area (Å²) in [6.45, 7) is 7.44. The zero-order valence-electron chi connectivity index (χ0n) is 22.0. The van der Waals surface area contributed by atoms with Gasteiger partial charge in [0.2, 0.25) is 11.9 Å². The lowest BCUT2D eigenvalue weighted by Crippen LogP contribution is -2.63. The van der Waals surface area contributed by atoms with Crippen molar-refractivity contribution >= 4 is 33.9 Å². The molecular weight excluding hydrogens is 484 g/mol. The Morgan fingerprint density at radius 1 is 1.11 bits per heavy atom. The Morgan fingerprint density at radius 3 is 2.63 bits per heavy atom. The summed E-state index contributed by atoms with van der Waals surface area (Å²) in [6.07, 6.45) is 2.67. The fourth-order valence-electron chi connectivity index (χ4n) is 5.45. The van der Waals surface area contributed by atoms with Crippen LogP contribution in [0.3, 0.4) is 0 Å². The van der Waals surface area contributed by atoms with Gasteiger partial charge in [0.05, 0.1) is 36.8 Å². The van der Waals surface area contributed by atoms with Crippen LogP contribution in [-0.2, 0) is 23.0 Å². The number of amides is 1. The van der Waals surface area contributed by atoms with Crippen LogP contribution in [0.2, 0.25) is 0 Å². The summed E-state index contributed by atoms with van der Waals surface area (Å²) in [6, 6.07) is 8.57. The number of ether oxygens (including phenoxy) is 2. The Kier molecular flexibility index (Phi) is 5.50. The van der Waals surface area contributed by atoms with Crippen molar-refractivity contribution in [2.75, 3.05) is 37.7 Å². The fourth-order valence-corrected chi connectivity index (χ4v) is 5.45. The lowest BCUT2D eigenvalue weighted by molar-refractivity contribution is -0.148. The van der Waals surface area contributed by atoms with E-state index in [2.05, 4.69) is 11.8 Å². The SMILES string of the molecule is CCc1nc2ccccc2n1-c1nc(N2CCOCC2)c2nc(OC3CN(C(=O)C4CC4)C3C)n(C)c2n1. The molecule has 0 bridgehead atoms. The Morgan fingerprint density at radius 2 is 1.89 bits per heavy atom. The van der Waals surface area contributed by atoms with Crippen molar-refractivity contribution < 1.29 is 14.3 Å². The van der Waals surface area contributed by atoms with E-state index in [1.807, 2.05) is 52.3 Å². The lowest BCUT2D eigenvalue weighted by Gasteiger charge is -2.45. The standard InChI is InChI=1S/C27H32N8O3/c1-4-21-28-18-7-5-6-8-19(18)35(21)26-30-23-22(24(31-26)33-11-13-37-14-12-33)29-27(32(23)3)38-20-15-34(16(20)2)25(36)17-9-10-17/h5-8,16-17,20H,4,9-15H2,1-3H3. The van der Waals surface area contributed by atoms with Crippen molar-refractivity contribution in [1.29, 1.82) is 0 Å². The molecule has 0 radical (unpaired) electrons. The first-order valence-electron chi connectivity index (χ1n) is 13.5. The van der Waals surface area contributed by atoms with Gasteiger partial charge < -0.3 is 19.3 Å². The minimum absolute atomic E-state index is 0.0210. The van der Waals surface area contributed by atoms with E-state index in [1.54, 1.807) is 0 Å². The molecule has 2 atom stereocenters. The molecule has 4 aromatic rings. The zero-order chi connectivity index (χ0) is 26.0. The number of aryl methyl sites for hydroxylation is 2. The second kappa shape index (κ2) is 8.93. The summed E-state index contributed by atoms with van der Waals surface area (Å²) >= 11 is 0. The van der Waals surface area contributed by atoms with Gasteiger partial charge in [-0.05, 0) is 31.9 Å². The number of aromatic nitrogens is 6. The number of imidazole rings is 2. The van der Waals surface area contributed by atoms with Crippen LogP contribution in [0, 0.1) is 5.92 Å². The lowest BCUT2D eigenvalue weighted by atomic mass is 10.0. The molecule has 2 unspecified atom stereocenters. The van der Waals surface area contributed by atoms with Crippen molar-refractivity contribution in [1.82, 2.24) is 34.0 Å². The maximum Gasteiger partial charge on any atom is 0.298 e. The summed E-state index contributed by atoms with van der Waals surface area (Å²) in [5, 5.41) is 0. The van der Waals surface area contributed by atoms with Crippen molar-refractivity contribution in [3.8, 4) is 12.0 Å². The van der Waals surface area contributed by atoms with Crippen LogP contribution in [0.5, 0.6) is 6.01 Å². The monoisotopic (exact) mass is 516 g/mol. The molecule has 5 heterocycles. The normalized spacial score (nSPS) is 21.8. The molecule has 3 fully saturated rings. The number of hydrogen-bond donors (Lipinski definition) is 0. The third kappa shape index (κ3) is 3.71. The van der Waals surface area contributed by atoms with Crippen LogP contribution in [0.25, 0.3) is 28.1 Å². The van der Waals surface area contributed by atoms with Gasteiger partial charge in [-0.25, -0.2) is 4.98 Å². The predicted octanol–water partition coefficient (Wildman–Crippen LogP) is 2.49. The number of anilines is 1.